The Morgan fingerprint density at radius 1 is 1.05 bits per heavy atom. The van der Waals surface area contributed by atoms with E-state index in [1.54, 1.807) is 50.3 Å². The number of ketones is 1. The van der Waals surface area contributed by atoms with Crippen LogP contribution in [0.2, 0.25) is 0 Å². The van der Waals surface area contributed by atoms with Crippen molar-refractivity contribution in [3.8, 4) is 0 Å². The van der Waals surface area contributed by atoms with E-state index in [4.69, 9.17) is 0 Å². The monoisotopic (exact) mass is 291 g/mol. The molecule has 0 saturated carbocycles. The molecule has 0 bridgehead atoms. The van der Waals surface area contributed by atoms with Crippen molar-refractivity contribution < 1.29 is 14.4 Å². The lowest BCUT2D eigenvalue weighted by molar-refractivity contribution is -0.130. The van der Waals surface area contributed by atoms with Crippen molar-refractivity contribution in [2.75, 3.05) is 39.5 Å². The number of nitrogens with zero attached hydrogens (tertiary/aromatic N) is 2. The van der Waals surface area contributed by atoms with Crippen LogP contribution in [-0.2, 0) is 9.59 Å². The number of hydrogen-bond donors (Lipinski definition) is 1. The Kier molecular flexibility index (Phi) is 6.05. The fourth-order valence-electron chi connectivity index (χ4n) is 1.76. The molecule has 1 aromatic rings. The summed E-state index contributed by atoms with van der Waals surface area (Å²) in [5.41, 5.74) is 0.959. The summed E-state index contributed by atoms with van der Waals surface area (Å²) in [6.45, 7) is 1.69. The van der Waals surface area contributed by atoms with Crippen LogP contribution in [-0.4, -0.2) is 61.6 Å². The topological polar surface area (TPSA) is 69.7 Å². The highest BCUT2D eigenvalue weighted by atomic mass is 16.2. The first kappa shape index (κ1) is 16.8. The Balaban J connectivity index is 2.62. The van der Waals surface area contributed by atoms with E-state index in [0.717, 1.165) is 0 Å². The van der Waals surface area contributed by atoms with E-state index >= 15 is 0 Å². The zero-order valence-corrected chi connectivity index (χ0v) is 12.8. The second kappa shape index (κ2) is 7.54. The van der Waals surface area contributed by atoms with Crippen molar-refractivity contribution in [2.45, 2.75) is 6.92 Å². The molecule has 0 aliphatic rings. The smallest absolute Gasteiger partial charge is 0.238 e. The number of likely N-dealkylation sites (N-methyl/N-ethyl adjacent to an activating group) is 2. The highest BCUT2D eigenvalue weighted by Gasteiger charge is 2.14. The molecule has 114 valence electrons. The van der Waals surface area contributed by atoms with Gasteiger partial charge in [0.2, 0.25) is 11.8 Å². The van der Waals surface area contributed by atoms with Gasteiger partial charge in [-0.15, -0.1) is 0 Å². The van der Waals surface area contributed by atoms with Crippen molar-refractivity contribution in [1.29, 1.82) is 0 Å². The van der Waals surface area contributed by atoms with Gasteiger partial charge in [0.15, 0.2) is 5.78 Å². The van der Waals surface area contributed by atoms with Crippen LogP contribution in [0.5, 0.6) is 0 Å². The molecule has 0 saturated heterocycles. The third-order valence-electron chi connectivity index (χ3n) is 2.90. The van der Waals surface area contributed by atoms with E-state index in [0.29, 0.717) is 11.3 Å². The Labute approximate surface area is 124 Å². The molecule has 21 heavy (non-hydrogen) atoms. The van der Waals surface area contributed by atoms with E-state index in [1.165, 1.54) is 11.8 Å². The van der Waals surface area contributed by atoms with Gasteiger partial charge in [0.05, 0.1) is 18.8 Å². The SMILES string of the molecule is CC(=O)c1ccccc1NC(=O)CN(C)CC(=O)N(C)C. The summed E-state index contributed by atoms with van der Waals surface area (Å²) < 4.78 is 0. The van der Waals surface area contributed by atoms with Gasteiger partial charge in [-0.2, -0.15) is 0 Å². The van der Waals surface area contributed by atoms with Crippen molar-refractivity contribution in [2.24, 2.45) is 0 Å². The number of para-hydroxylation sites is 1. The average molecular weight is 291 g/mol. The first-order chi connectivity index (χ1) is 9.81. The Morgan fingerprint density at radius 2 is 1.67 bits per heavy atom. The fraction of sp³-hybridized carbons (Fsp3) is 0.400. The maximum absolute atomic E-state index is 12.0. The number of carbonyl (C=O) groups is 3. The van der Waals surface area contributed by atoms with E-state index < -0.39 is 0 Å². The summed E-state index contributed by atoms with van der Waals surface area (Å²) in [7, 11) is 5.02. The Hall–Kier alpha value is -2.21. The average Bonchev–Trinajstić information content (AvgIpc) is 2.38. The number of carbonyl (C=O) groups excluding carboxylic acids is 3. The lowest BCUT2D eigenvalue weighted by Gasteiger charge is -2.18. The van der Waals surface area contributed by atoms with E-state index in [2.05, 4.69) is 5.32 Å². The standard InChI is InChI=1S/C15H21N3O3/c1-11(19)12-7-5-6-8-13(12)16-14(20)9-18(4)10-15(21)17(2)3/h5-8H,9-10H2,1-4H3,(H,16,20). The lowest BCUT2D eigenvalue weighted by atomic mass is 10.1. The number of anilines is 1. The molecule has 1 aromatic carbocycles. The number of Topliss-reactive ketones (excluding diaryl/α,β-unsaturated/α-hetero) is 1. The first-order valence-electron chi connectivity index (χ1n) is 6.59. The zero-order valence-electron chi connectivity index (χ0n) is 12.8. The van der Waals surface area contributed by atoms with Crippen molar-refractivity contribution in [3.63, 3.8) is 0 Å². The predicted molar refractivity (Wildman–Crippen MR) is 81.3 cm³/mol. The molecule has 0 atom stereocenters. The van der Waals surface area contributed by atoms with Gasteiger partial charge >= 0.3 is 0 Å². The molecular weight excluding hydrogens is 270 g/mol. The Bertz CT molecular complexity index is 541. The van der Waals surface area contributed by atoms with E-state index in [-0.39, 0.29) is 30.7 Å². The quantitative estimate of drug-likeness (QED) is 0.789. The molecule has 1 N–H and O–H groups in total. The Morgan fingerprint density at radius 3 is 2.24 bits per heavy atom. The molecule has 1 rings (SSSR count). The highest BCUT2D eigenvalue weighted by molar-refractivity contribution is 6.04. The molecule has 0 aromatic heterocycles. The van der Waals surface area contributed by atoms with Crippen LogP contribution in [0, 0.1) is 0 Å². The van der Waals surface area contributed by atoms with Crippen LogP contribution < -0.4 is 5.32 Å². The van der Waals surface area contributed by atoms with Gasteiger partial charge in [-0.25, -0.2) is 0 Å². The summed E-state index contributed by atoms with van der Waals surface area (Å²) in [6.07, 6.45) is 0. The number of rotatable bonds is 6. The molecular formula is C15H21N3O3. The van der Waals surface area contributed by atoms with Crippen LogP contribution in [0.3, 0.4) is 0 Å². The molecule has 0 unspecified atom stereocenters. The van der Waals surface area contributed by atoms with Gasteiger partial charge in [-0.3, -0.25) is 19.3 Å². The van der Waals surface area contributed by atoms with Gasteiger partial charge in [0, 0.05) is 19.7 Å². The third-order valence-corrected chi connectivity index (χ3v) is 2.90. The molecule has 0 fully saturated rings. The minimum absolute atomic E-state index is 0.0746. The number of hydrogen-bond acceptors (Lipinski definition) is 4. The molecule has 0 aliphatic carbocycles. The van der Waals surface area contributed by atoms with Crippen molar-refractivity contribution in [1.82, 2.24) is 9.80 Å². The van der Waals surface area contributed by atoms with Crippen LogP contribution >= 0.6 is 0 Å². The summed E-state index contributed by atoms with van der Waals surface area (Å²) >= 11 is 0. The number of nitrogens with one attached hydrogen (secondary N) is 1. The minimum atomic E-state index is -0.266. The lowest BCUT2D eigenvalue weighted by Crippen LogP contribution is -2.38. The van der Waals surface area contributed by atoms with Crippen molar-refractivity contribution in [3.05, 3.63) is 29.8 Å². The van der Waals surface area contributed by atoms with Gasteiger partial charge in [-0.1, -0.05) is 12.1 Å². The van der Waals surface area contributed by atoms with Gasteiger partial charge in [0.1, 0.15) is 0 Å². The normalized spacial score (nSPS) is 10.3. The van der Waals surface area contributed by atoms with E-state index in [1.807, 2.05) is 0 Å². The molecule has 0 heterocycles. The first-order valence-corrected chi connectivity index (χ1v) is 6.59. The second-order valence-corrected chi connectivity index (χ2v) is 5.11. The zero-order chi connectivity index (χ0) is 16.0. The largest absolute Gasteiger partial charge is 0.348 e. The van der Waals surface area contributed by atoms with E-state index in [9.17, 15) is 14.4 Å². The molecule has 6 nitrogen and oxygen atoms in total. The second-order valence-electron chi connectivity index (χ2n) is 5.11. The van der Waals surface area contributed by atoms with Crippen LogP contribution in [0.1, 0.15) is 17.3 Å². The highest BCUT2D eigenvalue weighted by Crippen LogP contribution is 2.15. The van der Waals surface area contributed by atoms with Crippen LogP contribution in [0.4, 0.5) is 5.69 Å². The molecule has 0 aliphatic heterocycles. The maximum atomic E-state index is 12.0. The van der Waals surface area contributed by atoms with Gasteiger partial charge in [-0.05, 0) is 26.1 Å². The summed E-state index contributed by atoms with van der Waals surface area (Å²) in [6, 6.07) is 6.84. The predicted octanol–water partition coefficient (Wildman–Crippen LogP) is 0.848. The summed E-state index contributed by atoms with van der Waals surface area (Å²) in [5.74, 6) is -0.450. The van der Waals surface area contributed by atoms with Gasteiger partial charge < -0.3 is 10.2 Å². The summed E-state index contributed by atoms with van der Waals surface area (Å²) in [4.78, 5) is 38.1. The maximum Gasteiger partial charge on any atom is 0.238 e. The van der Waals surface area contributed by atoms with Crippen LogP contribution in [0.25, 0.3) is 0 Å². The van der Waals surface area contributed by atoms with Crippen molar-refractivity contribution >= 4 is 23.3 Å². The number of amides is 2. The summed E-state index contributed by atoms with van der Waals surface area (Å²) in [5, 5.41) is 2.70. The minimum Gasteiger partial charge on any atom is -0.348 e. The van der Waals surface area contributed by atoms with Crippen LogP contribution in [0.15, 0.2) is 24.3 Å². The fourth-order valence-corrected chi connectivity index (χ4v) is 1.76. The van der Waals surface area contributed by atoms with Gasteiger partial charge in [0.25, 0.3) is 0 Å². The number of benzene rings is 1. The molecule has 0 spiro atoms. The molecule has 2 amide bonds. The third kappa shape index (κ3) is 5.35. The molecule has 0 radical (unpaired) electrons. The molecule has 6 heteroatoms.